The molecule has 0 aliphatic carbocycles. The molecule has 1 aromatic carbocycles. The Hall–Kier alpha value is -1.89. The average molecular weight is 331 g/mol. The van der Waals surface area contributed by atoms with Crippen LogP contribution in [0.5, 0.6) is 0 Å². The van der Waals surface area contributed by atoms with Gasteiger partial charge in [0, 0.05) is 16.2 Å². The number of carbonyl (C=O) groups is 1. The van der Waals surface area contributed by atoms with E-state index in [0.29, 0.717) is 16.6 Å². The predicted molar refractivity (Wildman–Crippen MR) is 66.2 cm³/mol. The van der Waals surface area contributed by atoms with Gasteiger partial charge in [0.05, 0.1) is 0 Å². The van der Waals surface area contributed by atoms with Crippen molar-refractivity contribution in [1.82, 2.24) is 4.98 Å². The smallest absolute Gasteiger partial charge is 0.257 e. The number of hydrogen-bond acceptors (Lipinski definition) is 2. The third-order valence-electron chi connectivity index (χ3n) is 2.21. The van der Waals surface area contributed by atoms with Crippen LogP contribution in [0.15, 0.2) is 34.9 Å². The normalized spacial score (nSPS) is 10.3. The molecule has 1 N–H and O–H groups in total. The quantitative estimate of drug-likeness (QED) is 0.856. The molecule has 0 radical (unpaired) electrons. The number of pyridine rings is 1. The highest BCUT2D eigenvalue weighted by molar-refractivity contribution is 9.10. The van der Waals surface area contributed by atoms with Crippen molar-refractivity contribution < 1.29 is 18.0 Å². The molecule has 1 amide bonds. The lowest BCUT2D eigenvalue weighted by Crippen LogP contribution is -2.14. The van der Waals surface area contributed by atoms with Crippen LogP contribution in [0.3, 0.4) is 0 Å². The first kappa shape index (κ1) is 13.5. The molecule has 0 unspecified atom stereocenters. The van der Waals surface area contributed by atoms with Gasteiger partial charge in [0.25, 0.3) is 5.91 Å². The van der Waals surface area contributed by atoms with E-state index in [-0.39, 0.29) is 11.4 Å². The molecule has 7 heteroatoms. The lowest BCUT2D eigenvalue weighted by atomic mass is 10.2. The molecule has 3 nitrogen and oxygen atoms in total. The average Bonchev–Trinajstić information content (AvgIpc) is 2.38. The van der Waals surface area contributed by atoms with Crippen molar-refractivity contribution >= 4 is 27.7 Å². The number of carbonyl (C=O) groups excluding carboxylic acids is 1. The number of hydrogen-bond donors (Lipinski definition) is 1. The van der Waals surface area contributed by atoms with Gasteiger partial charge in [-0.25, -0.2) is 18.2 Å². The Labute approximate surface area is 114 Å². The molecule has 0 saturated heterocycles. The summed E-state index contributed by atoms with van der Waals surface area (Å²) in [6.07, 6.45) is 1.45. The molecule has 0 bridgehead atoms. The Morgan fingerprint density at radius 3 is 2.32 bits per heavy atom. The Kier molecular flexibility index (Phi) is 3.84. The van der Waals surface area contributed by atoms with E-state index in [1.165, 1.54) is 12.3 Å². The molecular weight excluding hydrogens is 325 g/mol. The van der Waals surface area contributed by atoms with E-state index in [1.54, 1.807) is 6.07 Å². The van der Waals surface area contributed by atoms with Crippen LogP contribution < -0.4 is 5.32 Å². The lowest BCUT2D eigenvalue weighted by molar-refractivity contribution is 0.102. The molecular formula is C12H6BrF3N2O. The molecule has 1 aromatic heterocycles. The van der Waals surface area contributed by atoms with Crippen LogP contribution in [0.4, 0.5) is 19.0 Å². The van der Waals surface area contributed by atoms with Gasteiger partial charge < -0.3 is 5.32 Å². The van der Waals surface area contributed by atoms with Crippen LogP contribution in [-0.4, -0.2) is 10.9 Å². The molecule has 0 aliphatic rings. The van der Waals surface area contributed by atoms with E-state index in [1.807, 2.05) is 0 Å². The largest absolute Gasteiger partial charge is 0.307 e. The van der Waals surface area contributed by atoms with E-state index in [4.69, 9.17) is 0 Å². The van der Waals surface area contributed by atoms with Gasteiger partial charge in [0.1, 0.15) is 5.82 Å². The van der Waals surface area contributed by atoms with Crippen LogP contribution >= 0.6 is 15.9 Å². The fraction of sp³-hybridized carbons (Fsp3) is 0. The number of aromatic nitrogens is 1. The van der Waals surface area contributed by atoms with Gasteiger partial charge >= 0.3 is 0 Å². The van der Waals surface area contributed by atoms with E-state index >= 15 is 0 Å². The minimum Gasteiger partial charge on any atom is -0.307 e. The monoisotopic (exact) mass is 330 g/mol. The lowest BCUT2D eigenvalue weighted by Gasteiger charge is -2.05. The summed E-state index contributed by atoms with van der Waals surface area (Å²) in [5, 5.41) is 2.33. The van der Waals surface area contributed by atoms with Crippen molar-refractivity contribution in [2.24, 2.45) is 0 Å². The van der Waals surface area contributed by atoms with Crippen molar-refractivity contribution in [3.63, 3.8) is 0 Å². The Bertz CT molecular complexity index is 608. The van der Waals surface area contributed by atoms with Gasteiger partial charge in [0.2, 0.25) is 0 Å². The maximum Gasteiger partial charge on any atom is 0.257 e. The highest BCUT2D eigenvalue weighted by Gasteiger charge is 2.15. The summed E-state index contributed by atoms with van der Waals surface area (Å²) in [6, 6.07) is 4.37. The number of benzene rings is 1. The van der Waals surface area contributed by atoms with Gasteiger partial charge in [-0.1, -0.05) is 0 Å². The van der Waals surface area contributed by atoms with Crippen molar-refractivity contribution in [1.29, 1.82) is 0 Å². The minimum absolute atomic E-state index is 0.207. The van der Waals surface area contributed by atoms with Crippen LogP contribution in [0.2, 0.25) is 0 Å². The summed E-state index contributed by atoms with van der Waals surface area (Å²) in [5.41, 5.74) is -0.332. The van der Waals surface area contributed by atoms with Crippen LogP contribution in [0.25, 0.3) is 0 Å². The first-order valence-corrected chi connectivity index (χ1v) is 5.84. The number of rotatable bonds is 2. The highest BCUT2D eigenvalue weighted by Crippen LogP contribution is 2.15. The summed E-state index contributed by atoms with van der Waals surface area (Å²) >= 11 is 3.17. The SMILES string of the molecule is O=C(Nc1ccc(Br)cn1)c1cc(F)c(F)c(F)c1. The first-order chi connectivity index (χ1) is 8.97. The molecule has 0 spiro atoms. The summed E-state index contributed by atoms with van der Waals surface area (Å²) in [6.45, 7) is 0. The van der Waals surface area contributed by atoms with Gasteiger partial charge in [-0.3, -0.25) is 4.79 Å². The second kappa shape index (κ2) is 5.40. The molecule has 0 aliphatic heterocycles. The zero-order valence-electron chi connectivity index (χ0n) is 9.25. The highest BCUT2D eigenvalue weighted by atomic mass is 79.9. The third kappa shape index (κ3) is 3.11. The van der Waals surface area contributed by atoms with Gasteiger partial charge in [-0.05, 0) is 40.2 Å². The van der Waals surface area contributed by atoms with Crippen molar-refractivity contribution in [2.75, 3.05) is 5.32 Å². The van der Waals surface area contributed by atoms with E-state index in [0.717, 1.165) is 0 Å². The number of anilines is 1. The topological polar surface area (TPSA) is 42.0 Å². The molecule has 0 fully saturated rings. The zero-order valence-corrected chi connectivity index (χ0v) is 10.8. The van der Waals surface area contributed by atoms with Crippen molar-refractivity contribution in [3.8, 4) is 0 Å². The van der Waals surface area contributed by atoms with Gasteiger partial charge in [0.15, 0.2) is 17.5 Å². The van der Waals surface area contributed by atoms with E-state index in [2.05, 4.69) is 26.2 Å². The molecule has 98 valence electrons. The van der Waals surface area contributed by atoms with Crippen molar-refractivity contribution in [3.05, 3.63) is 58.0 Å². The Morgan fingerprint density at radius 1 is 1.16 bits per heavy atom. The maximum atomic E-state index is 13.0. The number of nitrogens with one attached hydrogen (secondary N) is 1. The van der Waals surface area contributed by atoms with Crippen molar-refractivity contribution in [2.45, 2.75) is 0 Å². The molecule has 19 heavy (non-hydrogen) atoms. The molecule has 2 aromatic rings. The molecule has 0 atom stereocenters. The van der Waals surface area contributed by atoms with E-state index in [9.17, 15) is 18.0 Å². The first-order valence-electron chi connectivity index (χ1n) is 5.05. The second-order valence-electron chi connectivity index (χ2n) is 3.57. The van der Waals surface area contributed by atoms with Crippen LogP contribution in [0, 0.1) is 17.5 Å². The Balaban J connectivity index is 2.23. The zero-order chi connectivity index (χ0) is 14.0. The van der Waals surface area contributed by atoms with Gasteiger partial charge in [-0.2, -0.15) is 0 Å². The fourth-order valence-electron chi connectivity index (χ4n) is 1.32. The summed E-state index contributed by atoms with van der Waals surface area (Å²) in [4.78, 5) is 15.6. The summed E-state index contributed by atoms with van der Waals surface area (Å²) < 4.78 is 39.4. The number of amides is 1. The minimum atomic E-state index is -1.61. The third-order valence-corrected chi connectivity index (χ3v) is 2.68. The molecule has 2 rings (SSSR count). The fourth-order valence-corrected chi connectivity index (χ4v) is 1.56. The number of nitrogens with zero attached hydrogens (tertiary/aromatic N) is 1. The molecule has 1 heterocycles. The summed E-state index contributed by atoms with van der Waals surface area (Å²) in [5.74, 6) is -5.04. The standard InChI is InChI=1S/C12H6BrF3N2O/c13-7-1-2-10(17-5-7)18-12(19)6-3-8(14)11(16)9(15)4-6/h1-5H,(H,17,18,19). The molecule has 0 saturated carbocycles. The van der Waals surface area contributed by atoms with Gasteiger partial charge in [-0.15, -0.1) is 0 Å². The Morgan fingerprint density at radius 2 is 1.79 bits per heavy atom. The second-order valence-corrected chi connectivity index (χ2v) is 4.49. The summed E-state index contributed by atoms with van der Waals surface area (Å²) in [7, 11) is 0. The van der Waals surface area contributed by atoms with E-state index < -0.39 is 23.4 Å². The van der Waals surface area contributed by atoms with Crippen LogP contribution in [-0.2, 0) is 0 Å². The number of halogens is 4. The van der Waals surface area contributed by atoms with Crippen LogP contribution in [0.1, 0.15) is 10.4 Å². The predicted octanol–water partition coefficient (Wildman–Crippen LogP) is 3.51. The maximum absolute atomic E-state index is 13.0.